The van der Waals surface area contributed by atoms with Gasteiger partial charge in [0.2, 0.25) is 0 Å². The van der Waals surface area contributed by atoms with E-state index in [1.807, 2.05) is 42.6 Å². The van der Waals surface area contributed by atoms with Crippen molar-refractivity contribution in [3.8, 4) is 17.2 Å². The maximum Gasteiger partial charge on any atom is 0.0993 e. The van der Waals surface area contributed by atoms with Crippen LogP contribution >= 0.6 is 0 Å². The van der Waals surface area contributed by atoms with Crippen molar-refractivity contribution < 1.29 is 0 Å². The highest BCUT2D eigenvalue weighted by molar-refractivity contribution is 5.66. The van der Waals surface area contributed by atoms with Crippen molar-refractivity contribution in [1.82, 2.24) is 4.98 Å². The molecule has 1 fully saturated rings. The fourth-order valence-corrected chi connectivity index (χ4v) is 2.52. The first-order chi connectivity index (χ1) is 9.23. The lowest BCUT2D eigenvalue weighted by Gasteiger charge is -2.34. The Morgan fingerprint density at radius 1 is 1.16 bits per heavy atom. The lowest BCUT2D eigenvalue weighted by Crippen LogP contribution is -2.33. The van der Waals surface area contributed by atoms with Crippen molar-refractivity contribution in [3.63, 3.8) is 0 Å². The van der Waals surface area contributed by atoms with E-state index in [1.54, 1.807) is 0 Å². The van der Waals surface area contributed by atoms with Crippen LogP contribution in [0, 0.1) is 11.3 Å². The topological polar surface area (TPSA) is 62.7 Å². The molecule has 0 aliphatic heterocycles. The zero-order valence-corrected chi connectivity index (χ0v) is 10.6. The average molecular weight is 249 g/mol. The number of nitrogens with two attached hydrogens (primary N) is 1. The highest BCUT2D eigenvalue weighted by atomic mass is 14.7. The van der Waals surface area contributed by atoms with E-state index in [2.05, 4.69) is 11.1 Å². The Morgan fingerprint density at radius 3 is 2.53 bits per heavy atom. The van der Waals surface area contributed by atoms with Gasteiger partial charge in [-0.15, -0.1) is 0 Å². The summed E-state index contributed by atoms with van der Waals surface area (Å²) in [6, 6.07) is 14.2. The second-order valence-corrected chi connectivity index (χ2v) is 5.11. The smallest absolute Gasteiger partial charge is 0.0993 e. The molecule has 2 aromatic rings. The number of aromatic nitrogens is 1. The fourth-order valence-electron chi connectivity index (χ4n) is 2.52. The molecule has 19 heavy (non-hydrogen) atoms. The van der Waals surface area contributed by atoms with Crippen molar-refractivity contribution in [3.05, 3.63) is 48.3 Å². The van der Waals surface area contributed by atoms with Crippen LogP contribution in [-0.4, -0.2) is 4.98 Å². The lowest BCUT2D eigenvalue weighted by molar-refractivity contribution is 0.316. The number of nitrogen functional groups attached to an aromatic ring is 1. The Kier molecular flexibility index (Phi) is 2.72. The minimum atomic E-state index is -0.339. The summed E-state index contributed by atoms with van der Waals surface area (Å²) < 4.78 is 0. The molecule has 1 heterocycles. The molecular formula is C16H15N3. The van der Waals surface area contributed by atoms with Gasteiger partial charge in [0.25, 0.3) is 0 Å². The highest BCUT2D eigenvalue weighted by Crippen LogP contribution is 2.42. The van der Waals surface area contributed by atoms with Crippen molar-refractivity contribution in [1.29, 1.82) is 5.26 Å². The first kappa shape index (κ1) is 11.7. The van der Waals surface area contributed by atoms with Crippen molar-refractivity contribution in [2.24, 2.45) is 0 Å². The third-order valence-corrected chi connectivity index (χ3v) is 3.89. The molecule has 1 aliphatic rings. The van der Waals surface area contributed by atoms with Crippen LogP contribution in [0.5, 0.6) is 0 Å². The molecule has 1 saturated carbocycles. The van der Waals surface area contributed by atoms with Crippen LogP contribution in [0.4, 0.5) is 5.69 Å². The summed E-state index contributed by atoms with van der Waals surface area (Å²) in [6.07, 6.45) is 4.80. The SMILES string of the molecule is N#CC1(c2ccc(-c3cccc(N)c3)cn2)CCC1. The first-order valence-corrected chi connectivity index (χ1v) is 6.47. The van der Waals surface area contributed by atoms with Gasteiger partial charge in [0.05, 0.1) is 17.2 Å². The van der Waals surface area contributed by atoms with Gasteiger partial charge < -0.3 is 5.73 Å². The Morgan fingerprint density at radius 2 is 2.00 bits per heavy atom. The summed E-state index contributed by atoms with van der Waals surface area (Å²) in [5.74, 6) is 0. The molecule has 0 amide bonds. The maximum atomic E-state index is 9.31. The molecule has 0 atom stereocenters. The van der Waals surface area contributed by atoms with E-state index < -0.39 is 0 Å². The molecule has 0 bridgehead atoms. The number of hydrogen-bond donors (Lipinski definition) is 1. The van der Waals surface area contributed by atoms with Crippen LogP contribution in [0.1, 0.15) is 25.0 Å². The van der Waals surface area contributed by atoms with Gasteiger partial charge in [-0.3, -0.25) is 4.98 Å². The average Bonchev–Trinajstić information content (AvgIpc) is 2.39. The molecule has 1 aromatic carbocycles. The zero-order valence-electron chi connectivity index (χ0n) is 10.6. The van der Waals surface area contributed by atoms with E-state index in [0.717, 1.165) is 41.8 Å². The summed E-state index contributed by atoms with van der Waals surface area (Å²) in [7, 11) is 0. The van der Waals surface area contributed by atoms with Gasteiger partial charge in [-0.1, -0.05) is 18.2 Å². The van der Waals surface area contributed by atoms with Crippen LogP contribution in [0.25, 0.3) is 11.1 Å². The second-order valence-electron chi connectivity index (χ2n) is 5.11. The summed E-state index contributed by atoms with van der Waals surface area (Å²) in [4.78, 5) is 4.49. The lowest BCUT2D eigenvalue weighted by atomic mass is 9.67. The quantitative estimate of drug-likeness (QED) is 0.831. The van der Waals surface area contributed by atoms with Crippen molar-refractivity contribution >= 4 is 5.69 Å². The van der Waals surface area contributed by atoms with Crippen molar-refractivity contribution in [2.45, 2.75) is 24.7 Å². The standard InChI is InChI=1S/C16H15N3/c17-11-16(7-2-8-16)15-6-5-13(10-19-15)12-3-1-4-14(18)9-12/h1,3-6,9-10H,2,7-8,18H2. The van der Waals surface area contributed by atoms with Gasteiger partial charge >= 0.3 is 0 Å². The molecule has 0 radical (unpaired) electrons. The zero-order chi connectivity index (χ0) is 13.3. The predicted octanol–water partition coefficient (Wildman–Crippen LogP) is 3.28. The first-order valence-electron chi connectivity index (χ1n) is 6.47. The third-order valence-electron chi connectivity index (χ3n) is 3.89. The molecule has 2 N–H and O–H groups in total. The number of nitrogens with zero attached hydrogens (tertiary/aromatic N) is 2. The molecule has 0 spiro atoms. The van der Waals surface area contributed by atoms with Gasteiger partial charge in [-0.25, -0.2) is 0 Å². The summed E-state index contributed by atoms with van der Waals surface area (Å²) >= 11 is 0. The number of hydrogen-bond acceptors (Lipinski definition) is 3. The summed E-state index contributed by atoms with van der Waals surface area (Å²) in [5, 5.41) is 9.31. The molecule has 0 unspecified atom stereocenters. The molecule has 94 valence electrons. The Hall–Kier alpha value is -2.34. The largest absolute Gasteiger partial charge is 0.399 e. The van der Waals surface area contributed by atoms with Crippen LogP contribution in [0.15, 0.2) is 42.6 Å². The number of benzene rings is 1. The minimum absolute atomic E-state index is 0.339. The monoisotopic (exact) mass is 249 g/mol. The maximum absolute atomic E-state index is 9.31. The van der Waals surface area contributed by atoms with Gasteiger partial charge in [0.15, 0.2) is 0 Å². The summed E-state index contributed by atoms with van der Waals surface area (Å²) in [6.45, 7) is 0. The van der Waals surface area contributed by atoms with Crippen LogP contribution in [-0.2, 0) is 5.41 Å². The number of anilines is 1. The summed E-state index contributed by atoms with van der Waals surface area (Å²) in [5.41, 5.74) is 9.17. The third kappa shape index (κ3) is 1.96. The van der Waals surface area contributed by atoms with Gasteiger partial charge in [0.1, 0.15) is 0 Å². The number of rotatable bonds is 2. The van der Waals surface area contributed by atoms with Crippen LogP contribution in [0.3, 0.4) is 0 Å². The van der Waals surface area contributed by atoms with E-state index in [-0.39, 0.29) is 5.41 Å². The van der Waals surface area contributed by atoms with Crippen LogP contribution < -0.4 is 5.73 Å². The molecule has 0 saturated heterocycles. The van der Waals surface area contributed by atoms with E-state index in [9.17, 15) is 5.26 Å². The fraction of sp³-hybridized carbons (Fsp3) is 0.250. The van der Waals surface area contributed by atoms with E-state index in [1.165, 1.54) is 0 Å². The highest BCUT2D eigenvalue weighted by Gasteiger charge is 2.40. The molecule has 1 aliphatic carbocycles. The van der Waals surface area contributed by atoms with Crippen molar-refractivity contribution in [2.75, 3.05) is 5.73 Å². The van der Waals surface area contributed by atoms with Crippen LogP contribution in [0.2, 0.25) is 0 Å². The Bertz CT molecular complexity index is 634. The Balaban J connectivity index is 1.93. The normalized spacial score (nSPS) is 16.4. The van der Waals surface area contributed by atoms with Gasteiger partial charge in [-0.05, 0) is 43.0 Å². The number of nitriles is 1. The van der Waals surface area contributed by atoms with Gasteiger partial charge in [-0.2, -0.15) is 5.26 Å². The number of pyridine rings is 1. The minimum Gasteiger partial charge on any atom is -0.399 e. The molecule has 3 rings (SSSR count). The van der Waals surface area contributed by atoms with E-state index in [0.29, 0.717) is 0 Å². The van der Waals surface area contributed by atoms with E-state index in [4.69, 9.17) is 5.73 Å². The molecule has 1 aromatic heterocycles. The van der Waals surface area contributed by atoms with E-state index >= 15 is 0 Å². The molecule has 3 nitrogen and oxygen atoms in total. The second kappa shape index (κ2) is 4.40. The van der Waals surface area contributed by atoms with Gasteiger partial charge in [0, 0.05) is 17.4 Å². The molecular weight excluding hydrogens is 234 g/mol. The molecule has 3 heteroatoms. The Labute approximate surface area is 112 Å². The predicted molar refractivity (Wildman–Crippen MR) is 75.2 cm³/mol.